The third-order valence-electron chi connectivity index (χ3n) is 8.69. The molecule has 0 unspecified atom stereocenters. The molecule has 0 aliphatic heterocycles. The van der Waals surface area contributed by atoms with Crippen LogP contribution in [0, 0.1) is 0 Å². The van der Waals surface area contributed by atoms with E-state index in [-0.39, 0.29) is 34.3 Å². The van der Waals surface area contributed by atoms with Gasteiger partial charge in [0, 0.05) is 22.6 Å². The molecule has 0 spiro atoms. The van der Waals surface area contributed by atoms with E-state index < -0.39 is 7.26 Å². The van der Waals surface area contributed by atoms with Gasteiger partial charge in [-0.1, -0.05) is 103 Å². The van der Waals surface area contributed by atoms with E-state index in [1.165, 1.54) is 15.9 Å². The Hall–Kier alpha value is -3.82. The van der Waals surface area contributed by atoms with Gasteiger partial charge in [0.15, 0.2) is 11.5 Å². The van der Waals surface area contributed by atoms with Crippen LogP contribution in [0.4, 0.5) is 0 Å². The Morgan fingerprint density at radius 3 is 1.53 bits per heavy atom. The normalized spacial score (nSPS) is 12.8. The summed E-state index contributed by atoms with van der Waals surface area (Å²) in [6.07, 6.45) is 5.28. The second-order valence-electron chi connectivity index (χ2n) is 11.6. The van der Waals surface area contributed by atoms with Gasteiger partial charge in [-0.3, -0.25) is 9.59 Å². The highest BCUT2D eigenvalue weighted by atomic mass is 79.9. The van der Waals surface area contributed by atoms with E-state index in [1.807, 2.05) is 12.1 Å². The summed E-state index contributed by atoms with van der Waals surface area (Å²) in [6, 6.07) is 47.3. The zero-order chi connectivity index (χ0) is 31.8. The number of Topliss-reactive ketones (excluding diaryl/α,β-unsaturated/α-hetero) is 2. The Bertz CT molecular complexity index is 1730. The highest BCUT2D eigenvalue weighted by molar-refractivity contribution is 7.95. The van der Waals surface area contributed by atoms with Crippen LogP contribution >= 0.6 is 18.9 Å². The fourth-order valence-electron chi connectivity index (χ4n) is 6.38. The summed E-state index contributed by atoms with van der Waals surface area (Å²) in [7, 11) is -1.85. The molecule has 238 valence electrons. The summed E-state index contributed by atoms with van der Waals surface area (Å²) in [4.78, 5) is 27.1. The minimum atomic E-state index is -1.85. The summed E-state index contributed by atoms with van der Waals surface area (Å²) in [6.45, 7) is 0.386. The number of fused-ring (bicyclic) bond motifs is 1. The molecule has 6 heteroatoms. The van der Waals surface area contributed by atoms with E-state index in [9.17, 15) is 9.59 Å². The molecule has 1 aliphatic carbocycles. The first-order chi connectivity index (χ1) is 22.6. The lowest BCUT2D eigenvalue weighted by molar-refractivity contribution is -0.0000228. The number of ether oxygens (including phenoxy) is 1. The first-order valence-corrected chi connectivity index (χ1v) is 18.3. The molecule has 0 saturated heterocycles. The van der Waals surface area contributed by atoms with E-state index in [4.69, 9.17) is 16.3 Å². The maximum Gasteiger partial charge on any atom is 0.228 e. The van der Waals surface area contributed by atoms with E-state index in [1.54, 1.807) is 36.4 Å². The number of carbonyl (C=O) groups excluding carboxylic acids is 2. The average Bonchev–Trinajstić information content (AvgIpc) is 3.11. The first-order valence-electron chi connectivity index (χ1n) is 15.9. The lowest BCUT2D eigenvalue weighted by Gasteiger charge is -2.27. The van der Waals surface area contributed by atoms with Crippen molar-refractivity contribution in [2.75, 3.05) is 12.8 Å². The molecule has 1 aliphatic rings. The predicted octanol–water partition coefficient (Wildman–Crippen LogP) is 5.79. The highest BCUT2D eigenvalue weighted by Crippen LogP contribution is 2.56. The van der Waals surface area contributed by atoms with Gasteiger partial charge in [0.25, 0.3) is 0 Å². The smallest absolute Gasteiger partial charge is 0.228 e. The van der Waals surface area contributed by atoms with Crippen LogP contribution < -0.4 is 32.9 Å². The van der Waals surface area contributed by atoms with Gasteiger partial charge >= 0.3 is 0 Å². The largest absolute Gasteiger partial charge is 1.00 e. The molecule has 0 atom stereocenters. The molecule has 6 rings (SSSR count). The van der Waals surface area contributed by atoms with Crippen molar-refractivity contribution in [2.24, 2.45) is 0 Å². The van der Waals surface area contributed by atoms with Crippen LogP contribution in [0.3, 0.4) is 0 Å². The number of halogens is 2. The van der Waals surface area contributed by atoms with Gasteiger partial charge in [-0.2, -0.15) is 0 Å². The standard InChI is InChI=1S/C41H37ClO3P.BrH/c42-32-26-24-31(25-27-32)30-38-39(43)36-22-12-13-23-37(36)40(44)41(38)45-28-14-1-2-15-29-46(33-16-6-3-7-17-33,34-18-8-4-9-19-34)35-20-10-5-11-21-35;/h3-13,16-27H,1-2,14-15,28-30H2;1H/q+1;/p-1. The fraction of sp³-hybridized carbons (Fsp3) is 0.171. The predicted molar refractivity (Wildman–Crippen MR) is 192 cm³/mol. The van der Waals surface area contributed by atoms with Crippen LogP contribution in [0.1, 0.15) is 52.0 Å². The molecule has 0 radical (unpaired) electrons. The molecular formula is C41H37BrClO3P. The van der Waals surface area contributed by atoms with Gasteiger partial charge in [-0.05, 0) is 79.8 Å². The summed E-state index contributed by atoms with van der Waals surface area (Å²) in [5.74, 6) is -0.189. The lowest BCUT2D eigenvalue weighted by atomic mass is 9.85. The maximum atomic E-state index is 13.5. The Morgan fingerprint density at radius 2 is 1.00 bits per heavy atom. The molecule has 5 aromatic carbocycles. The Kier molecular flexibility index (Phi) is 12.0. The van der Waals surface area contributed by atoms with Crippen LogP contribution in [0.5, 0.6) is 0 Å². The number of allylic oxidation sites excluding steroid dienone is 2. The van der Waals surface area contributed by atoms with Crippen molar-refractivity contribution >= 4 is 46.3 Å². The van der Waals surface area contributed by atoms with Crippen LogP contribution in [0.25, 0.3) is 0 Å². The summed E-state index contributed by atoms with van der Waals surface area (Å²) >= 11 is 6.08. The summed E-state index contributed by atoms with van der Waals surface area (Å²) in [5, 5.41) is 4.83. The van der Waals surface area contributed by atoms with Crippen molar-refractivity contribution in [3.8, 4) is 0 Å². The van der Waals surface area contributed by atoms with E-state index in [0.717, 1.165) is 37.4 Å². The molecule has 3 nitrogen and oxygen atoms in total. The molecule has 0 N–H and O–H groups in total. The minimum absolute atomic E-state index is 0. The molecular weight excluding hydrogens is 687 g/mol. The van der Waals surface area contributed by atoms with Gasteiger partial charge in [0.1, 0.15) is 23.2 Å². The quantitative estimate of drug-likeness (QED) is 0.114. The topological polar surface area (TPSA) is 43.4 Å². The number of ketones is 2. The third-order valence-corrected chi connectivity index (χ3v) is 13.5. The molecule has 0 amide bonds. The fourth-order valence-corrected chi connectivity index (χ4v) is 10.9. The van der Waals surface area contributed by atoms with E-state index in [2.05, 4.69) is 91.0 Å². The van der Waals surface area contributed by atoms with Crippen molar-refractivity contribution in [2.45, 2.75) is 32.1 Å². The monoisotopic (exact) mass is 722 g/mol. The highest BCUT2D eigenvalue weighted by Gasteiger charge is 2.44. The second kappa shape index (κ2) is 16.3. The zero-order valence-corrected chi connectivity index (χ0v) is 29.4. The molecule has 5 aromatic rings. The van der Waals surface area contributed by atoms with Crippen LogP contribution in [-0.2, 0) is 11.2 Å². The molecule has 0 aromatic heterocycles. The van der Waals surface area contributed by atoms with Gasteiger partial charge < -0.3 is 21.7 Å². The van der Waals surface area contributed by atoms with E-state index >= 15 is 0 Å². The van der Waals surface area contributed by atoms with E-state index in [0.29, 0.717) is 34.8 Å². The molecule has 0 saturated carbocycles. The summed E-state index contributed by atoms with van der Waals surface area (Å²) < 4.78 is 6.18. The average molecular weight is 724 g/mol. The maximum absolute atomic E-state index is 13.5. The number of unbranched alkanes of at least 4 members (excludes halogenated alkanes) is 3. The number of carbonyl (C=O) groups is 2. The van der Waals surface area contributed by atoms with Crippen LogP contribution in [0.2, 0.25) is 5.02 Å². The zero-order valence-electron chi connectivity index (χ0n) is 26.2. The van der Waals surface area contributed by atoms with Crippen molar-refractivity contribution < 1.29 is 31.3 Å². The third kappa shape index (κ3) is 7.68. The van der Waals surface area contributed by atoms with Gasteiger partial charge in [-0.25, -0.2) is 0 Å². The van der Waals surface area contributed by atoms with Gasteiger partial charge in [0.2, 0.25) is 5.78 Å². The number of hydrogen-bond acceptors (Lipinski definition) is 3. The molecule has 0 fully saturated rings. The number of rotatable bonds is 13. The SMILES string of the molecule is O=C1C(Cc2ccc(Cl)cc2)=C(OCCCCCC[P+](c2ccccc2)(c2ccccc2)c2ccccc2)C(=O)c2ccccc21.[Br-]. The number of benzene rings is 5. The lowest BCUT2D eigenvalue weighted by Crippen LogP contribution is -3.00. The first kappa shape index (κ1) is 34.5. The molecule has 0 heterocycles. The van der Waals surface area contributed by atoms with Gasteiger partial charge in [-0.15, -0.1) is 0 Å². The van der Waals surface area contributed by atoms with Crippen molar-refractivity contribution in [3.63, 3.8) is 0 Å². The molecule has 0 bridgehead atoms. The van der Waals surface area contributed by atoms with Crippen LogP contribution in [0.15, 0.2) is 151 Å². The summed E-state index contributed by atoms with van der Waals surface area (Å²) in [5.41, 5.74) is 2.16. The molecule has 47 heavy (non-hydrogen) atoms. The van der Waals surface area contributed by atoms with Crippen molar-refractivity contribution in [3.05, 3.63) is 173 Å². The Morgan fingerprint density at radius 1 is 0.532 bits per heavy atom. The minimum Gasteiger partial charge on any atom is -1.00 e. The van der Waals surface area contributed by atoms with Crippen molar-refractivity contribution in [1.29, 1.82) is 0 Å². The van der Waals surface area contributed by atoms with Gasteiger partial charge in [0.05, 0.1) is 18.3 Å². The Labute approximate surface area is 293 Å². The van der Waals surface area contributed by atoms with Crippen LogP contribution in [-0.4, -0.2) is 24.3 Å². The van der Waals surface area contributed by atoms with Crippen molar-refractivity contribution in [1.82, 2.24) is 0 Å². The Balaban J connectivity index is 0.00000433. The number of hydrogen-bond donors (Lipinski definition) is 0. The second-order valence-corrected chi connectivity index (χ2v) is 15.7.